The van der Waals surface area contributed by atoms with E-state index in [4.69, 9.17) is 0 Å². The van der Waals surface area contributed by atoms with Gasteiger partial charge in [0.25, 0.3) is 5.91 Å². The Bertz CT molecular complexity index is 425. The van der Waals surface area contributed by atoms with Crippen LogP contribution in [0.1, 0.15) is 47.4 Å². The number of H-pyrrole nitrogens is 1. The van der Waals surface area contributed by atoms with Gasteiger partial charge in [0, 0.05) is 24.3 Å². The van der Waals surface area contributed by atoms with Gasteiger partial charge in [-0.25, -0.2) is 0 Å². The quantitative estimate of drug-likeness (QED) is 0.767. The van der Waals surface area contributed by atoms with Crippen LogP contribution in [-0.2, 0) is 0 Å². The average Bonchev–Trinajstić information content (AvgIpc) is 2.69. The molecule has 0 spiro atoms. The summed E-state index contributed by atoms with van der Waals surface area (Å²) in [6, 6.07) is 2.08. The molecule has 18 heavy (non-hydrogen) atoms. The van der Waals surface area contributed by atoms with Crippen LogP contribution in [0.25, 0.3) is 0 Å². The molecule has 0 radical (unpaired) electrons. The number of hydrogen-bond acceptors (Lipinski definition) is 2. The summed E-state index contributed by atoms with van der Waals surface area (Å²) in [6.45, 7) is 4.04. The standard InChI is InChI=1S/C14H22N2O2/c1-9-7-10(2)15-13(9)14(18)16-12-6-4-3-5-11(12)8-17/h7,11-12,15,17H,3-6,8H2,1-2H3,(H,16,18). The number of amides is 1. The predicted octanol–water partition coefficient (Wildman–Crippen LogP) is 1.91. The molecule has 4 nitrogen and oxygen atoms in total. The second-order valence-corrected chi connectivity index (χ2v) is 5.32. The molecule has 0 saturated heterocycles. The van der Waals surface area contributed by atoms with Crippen molar-refractivity contribution < 1.29 is 9.90 Å². The van der Waals surface area contributed by atoms with E-state index in [-0.39, 0.29) is 24.5 Å². The fourth-order valence-corrected chi connectivity index (χ4v) is 2.82. The summed E-state index contributed by atoms with van der Waals surface area (Å²) in [5, 5.41) is 12.4. The topological polar surface area (TPSA) is 65.1 Å². The third-order valence-electron chi connectivity index (χ3n) is 3.84. The van der Waals surface area contributed by atoms with Gasteiger partial charge in [-0.05, 0) is 38.3 Å². The third kappa shape index (κ3) is 2.75. The van der Waals surface area contributed by atoms with Crippen LogP contribution in [-0.4, -0.2) is 28.6 Å². The first-order valence-electron chi connectivity index (χ1n) is 6.69. The van der Waals surface area contributed by atoms with E-state index < -0.39 is 0 Å². The first-order valence-corrected chi connectivity index (χ1v) is 6.69. The van der Waals surface area contributed by atoms with Crippen LogP contribution in [0, 0.1) is 19.8 Å². The van der Waals surface area contributed by atoms with E-state index in [1.807, 2.05) is 19.9 Å². The number of hydrogen-bond donors (Lipinski definition) is 3. The highest BCUT2D eigenvalue weighted by Crippen LogP contribution is 2.24. The molecular weight excluding hydrogens is 228 g/mol. The number of carbonyl (C=O) groups is 1. The fourth-order valence-electron chi connectivity index (χ4n) is 2.82. The van der Waals surface area contributed by atoms with Gasteiger partial charge in [-0.2, -0.15) is 0 Å². The van der Waals surface area contributed by atoms with Crippen molar-refractivity contribution in [3.63, 3.8) is 0 Å². The van der Waals surface area contributed by atoms with Crippen molar-refractivity contribution in [3.05, 3.63) is 23.0 Å². The number of aliphatic hydroxyl groups excluding tert-OH is 1. The zero-order chi connectivity index (χ0) is 13.1. The lowest BCUT2D eigenvalue weighted by Crippen LogP contribution is -2.43. The normalized spacial score (nSPS) is 23.9. The van der Waals surface area contributed by atoms with E-state index >= 15 is 0 Å². The minimum atomic E-state index is -0.0500. The predicted molar refractivity (Wildman–Crippen MR) is 70.6 cm³/mol. The summed E-state index contributed by atoms with van der Waals surface area (Å²) >= 11 is 0. The van der Waals surface area contributed by atoms with Crippen LogP contribution < -0.4 is 5.32 Å². The van der Waals surface area contributed by atoms with Crippen LogP contribution in [0.4, 0.5) is 0 Å². The monoisotopic (exact) mass is 250 g/mol. The number of aliphatic hydroxyl groups is 1. The van der Waals surface area contributed by atoms with Gasteiger partial charge in [0.2, 0.25) is 0 Å². The van der Waals surface area contributed by atoms with E-state index in [0.717, 1.165) is 36.9 Å². The Morgan fingerprint density at radius 2 is 2.17 bits per heavy atom. The molecule has 1 amide bonds. The van der Waals surface area contributed by atoms with Crippen molar-refractivity contribution in [2.24, 2.45) is 5.92 Å². The molecule has 3 N–H and O–H groups in total. The van der Waals surface area contributed by atoms with Crippen molar-refractivity contribution in [3.8, 4) is 0 Å². The van der Waals surface area contributed by atoms with Gasteiger partial charge in [0.05, 0.1) is 0 Å². The highest BCUT2D eigenvalue weighted by molar-refractivity contribution is 5.94. The Hall–Kier alpha value is -1.29. The molecule has 1 aromatic heterocycles. The molecule has 1 aliphatic rings. The van der Waals surface area contributed by atoms with E-state index in [9.17, 15) is 9.90 Å². The van der Waals surface area contributed by atoms with E-state index in [1.165, 1.54) is 0 Å². The van der Waals surface area contributed by atoms with Crippen LogP contribution in [0.2, 0.25) is 0 Å². The van der Waals surface area contributed by atoms with Crippen molar-refractivity contribution >= 4 is 5.91 Å². The van der Waals surface area contributed by atoms with Gasteiger partial charge in [-0.15, -0.1) is 0 Å². The van der Waals surface area contributed by atoms with E-state index in [0.29, 0.717) is 5.69 Å². The van der Waals surface area contributed by atoms with E-state index in [2.05, 4.69) is 10.3 Å². The molecule has 4 heteroatoms. The Balaban J connectivity index is 2.04. The lowest BCUT2D eigenvalue weighted by molar-refractivity contribution is 0.0867. The summed E-state index contributed by atoms with van der Waals surface area (Å²) in [4.78, 5) is 15.3. The number of aromatic nitrogens is 1. The average molecular weight is 250 g/mol. The Kier molecular flexibility index (Phi) is 4.07. The molecule has 1 heterocycles. The van der Waals surface area contributed by atoms with Crippen molar-refractivity contribution in [2.75, 3.05) is 6.61 Å². The van der Waals surface area contributed by atoms with Crippen LogP contribution >= 0.6 is 0 Å². The van der Waals surface area contributed by atoms with Crippen LogP contribution in [0.15, 0.2) is 6.07 Å². The second-order valence-electron chi connectivity index (χ2n) is 5.32. The Morgan fingerprint density at radius 3 is 2.78 bits per heavy atom. The lowest BCUT2D eigenvalue weighted by Gasteiger charge is -2.30. The summed E-state index contributed by atoms with van der Waals surface area (Å²) < 4.78 is 0. The SMILES string of the molecule is Cc1cc(C)c(C(=O)NC2CCCCC2CO)[nH]1. The van der Waals surface area contributed by atoms with Gasteiger partial charge >= 0.3 is 0 Å². The fraction of sp³-hybridized carbons (Fsp3) is 0.643. The molecule has 1 saturated carbocycles. The molecule has 2 unspecified atom stereocenters. The zero-order valence-electron chi connectivity index (χ0n) is 11.1. The molecule has 1 fully saturated rings. The van der Waals surface area contributed by atoms with E-state index in [1.54, 1.807) is 0 Å². The summed E-state index contributed by atoms with van der Waals surface area (Å²) in [5.74, 6) is 0.157. The van der Waals surface area contributed by atoms with Gasteiger partial charge in [-0.3, -0.25) is 4.79 Å². The van der Waals surface area contributed by atoms with Crippen molar-refractivity contribution in [2.45, 2.75) is 45.6 Å². The van der Waals surface area contributed by atoms with Gasteiger partial charge in [0.15, 0.2) is 0 Å². The Labute approximate surface area is 108 Å². The number of nitrogens with one attached hydrogen (secondary N) is 2. The van der Waals surface area contributed by atoms with Crippen molar-refractivity contribution in [1.82, 2.24) is 10.3 Å². The molecule has 1 aliphatic carbocycles. The molecule has 100 valence electrons. The first kappa shape index (κ1) is 13.1. The number of aryl methyl sites for hydroxylation is 2. The van der Waals surface area contributed by atoms with Crippen molar-refractivity contribution in [1.29, 1.82) is 0 Å². The smallest absolute Gasteiger partial charge is 0.268 e. The van der Waals surface area contributed by atoms with Gasteiger partial charge in [-0.1, -0.05) is 12.8 Å². The molecule has 0 bridgehead atoms. The highest BCUT2D eigenvalue weighted by atomic mass is 16.3. The number of aromatic amines is 1. The maximum atomic E-state index is 12.2. The van der Waals surface area contributed by atoms with Gasteiger partial charge < -0.3 is 15.4 Å². The molecular formula is C14H22N2O2. The molecule has 2 atom stereocenters. The summed E-state index contributed by atoms with van der Waals surface area (Å²) in [6.07, 6.45) is 4.25. The number of rotatable bonds is 3. The molecule has 1 aromatic rings. The molecule has 0 aromatic carbocycles. The third-order valence-corrected chi connectivity index (χ3v) is 3.84. The maximum absolute atomic E-state index is 12.2. The van der Waals surface area contributed by atoms with Gasteiger partial charge in [0.1, 0.15) is 5.69 Å². The number of carbonyl (C=O) groups excluding carboxylic acids is 1. The minimum Gasteiger partial charge on any atom is -0.396 e. The molecule has 0 aliphatic heterocycles. The zero-order valence-corrected chi connectivity index (χ0v) is 11.1. The maximum Gasteiger partial charge on any atom is 0.268 e. The van der Waals surface area contributed by atoms with Crippen LogP contribution in [0.3, 0.4) is 0 Å². The largest absolute Gasteiger partial charge is 0.396 e. The van der Waals surface area contributed by atoms with Crippen LogP contribution in [0.5, 0.6) is 0 Å². The first-order chi connectivity index (χ1) is 8.61. The summed E-state index contributed by atoms with van der Waals surface area (Å²) in [7, 11) is 0. The summed E-state index contributed by atoms with van der Waals surface area (Å²) in [5.41, 5.74) is 2.62. The lowest BCUT2D eigenvalue weighted by atomic mass is 9.85. The highest BCUT2D eigenvalue weighted by Gasteiger charge is 2.26. The second kappa shape index (κ2) is 5.57. The Morgan fingerprint density at radius 1 is 1.44 bits per heavy atom. The minimum absolute atomic E-state index is 0.0500. The molecule has 2 rings (SSSR count).